The van der Waals surface area contributed by atoms with E-state index in [1.54, 1.807) is 19.2 Å². The Morgan fingerprint density at radius 2 is 1.90 bits per heavy atom. The summed E-state index contributed by atoms with van der Waals surface area (Å²) in [4.78, 5) is 12.5. The number of carbonyl (C=O) groups excluding carboxylic acids is 1. The first-order chi connectivity index (χ1) is 9.51. The van der Waals surface area contributed by atoms with E-state index in [0.717, 1.165) is 22.4 Å². The molecule has 20 heavy (non-hydrogen) atoms. The van der Waals surface area contributed by atoms with Gasteiger partial charge >= 0.3 is 0 Å². The molecule has 0 saturated carbocycles. The van der Waals surface area contributed by atoms with Crippen molar-refractivity contribution in [3.63, 3.8) is 0 Å². The van der Waals surface area contributed by atoms with E-state index in [0.29, 0.717) is 17.0 Å². The Morgan fingerprint density at radius 1 is 1.15 bits per heavy atom. The van der Waals surface area contributed by atoms with Crippen molar-refractivity contribution in [2.24, 2.45) is 0 Å². The molecule has 2 nitrogen and oxygen atoms in total. The lowest BCUT2D eigenvalue weighted by atomic mass is 9.98. The minimum Gasteiger partial charge on any atom is -0.496 e. The Hall–Kier alpha value is -1.80. The van der Waals surface area contributed by atoms with Gasteiger partial charge in [0.05, 0.1) is 7.11 Å². The fraction of sp³-hybridized carbons (Fsp3) is 0.235. The van der Waals surface area contributed by atoms with Crippen LogP contribution in [0.15, 0.2) is 36.4 Å². The van der Waals surface area contributed by atoms with E-state index in [-0.39, 0.29) is 5.78 Å². The summed E-state index contributed by atoms with van der Waals surface area (Å²) in [5.41, 5.74) is 3.61. The molecule has 0 aliphatic rings. The maximum absolute atomic E-state index is 12.5. The van der Waals surface area contributed by atoms with Crippen molar-refractivity contribution in [2.45, 2.75) is 20.3 Å². The van der Waals surface area contributed by atoms with Crippen molar-refractivity contribution in [1.82, 2.24) is 0 Å². The number of hydrogen-bond acceptors (Lipinski definition) is 2. The Morgan fingerprint density at radius 3 is 2.60 bits per heavy atom. The third kappa shape index (κ3) is 3.20. The zero-order valence-corrected chi connectivity index (χ0v) is 12.6. The van der Waals surface area contributed by atoms with Crippen LogP contribution in [0.1, 0.15) is 27.0 Å². The normalized spacial score (nSPS) is 10.4. The number of methoxy groups -OCH3 is 1. The Kier molecular flexibility index (Phi) is 4.46. The fourth-order valence-electron chi connectivity index (χ4n) is 2.21. The molecule has 0 amide bonds. The van der Waals surface area contributed by atoms with Crippen molar-refractivity contribution in [1.29, 1.82) is 0 Å². The summed E-state index contributed by atoms with van der Waals surface area (Å²) < 4.78 is 5.31. The smallest absolute Gasteiger partial charge is 0.167 e. The molecule has 2 aromatic carbocycles. The van der Waals surface area contributed by atoms with Crippen molar-refractivity contribution < 1.29 is 9.53 Å². The second-order valence-electron chi connectivity index (χ2n) is 4.87. The second-order valence-corrected chi connectivity index (χ2v) is 5.31. The highest BCUT2D eigenvalue weighted by atomic mass is 35.5. The van der Waals surface area contributed by atoms with Crippen molar-refractivity contribution >= 4 is 17.4 Å². The molecule has 0 unspecified atom stereocenters. The van der Waals surface area contributed by atoms with Gasteiger partial charge in [-0.3, -0.25) is 4.79 Å². The van der Waals surface area contributed by atoms with Gasteiger partial charge in [0.1, 0.15) is 5.75 Å². The van der Waals surface area contributed by atoms with Crippen LogP contribution in [-0.2, 0) is 6.42 Å². The summed E-state index contributed by atoms with van der Waals surface area (Å²) in [5, 5.41) is 0.579. The van der Waals surface area contributed by atoms with E-state index in [1.807, 2.05) is 38.1 Å². The predicted octanol–water partition coefficient (Wildman–Crippen LogP) is 4.39. The van der Waals surface area contributed by atoms with Crippen LogP contribution in [0.25, 0.3) is 0 Å². The standard InChI is InChI=1S/C17H17ClO2/c1-11-4-7-17(20-3)13(8-11)9-16(19)15-10-14(18)6-5-12(15)2/h4-8,10H,9H2,1-3H3. The van der Waals surface area contributed by atoms with Crippen LogP contribution >= 0.6 is 11.6 Å². The van der Waals surface area contributed by atoms with Crippen LogP contribution in [0, 0.1) is 13.8 Å². The molecule has 0 radical (unpaired) electrons. The summed E-state index contributed by atoms with van der Waals surface area (Å²) in [7, 11) is 1.61. The molecule has 0 bridgehead atoms. The van der Waals surface area contributed by atoms with Gasteiger partial charge in [-0.1, -0.05) is 35.4 Å². The lowest BCUT2D eigenvalue weighted by Gasteiger charge is -2.10. The number of halogens is 1. The molecule has 2 rings (SSSR count). The van der Waals surface area contributed by atoms with Crippen LogP contribution in [0.4, 0.5) is 0 Å². The van der Waals surface area contributed by atoms with Crippen molar-refractivity contribution in [3.8, 4) is 5.75 Å². The van der Waals surface area contributed by atoms with E-state index >= 15 is 0 Å². The molecule has 0 spiro atoms. The molecule has 0 aliphatic heterocycles. The molecular formula is C17H17ClO2. The molecule has 104 valence electrons. The Balaban J connectivity index is 2.32. The summed E-state index contributed by atoms with van der Waals surface area (Å²) in [6.07, 6.45) is 0.312. The highest BCUT2D eigenvalue weighted by molar-refractivity contribution is 6.31. The van der Waals surface area contributed by atoms with Crippen molar-refractivity contribution in [3.05, 3.63) is 63.7 Å². The second kappa shape index (κ2) is 6.10. The number of carbonyl (C=O) groups is 1. The van der Waals surface area contributed by atoms with Gasteiger partial charge in [0, 0.05) is 22.6 Å². The van der Waals surface area contributed by atoms with E-state index in [2.05, 4.69) is 0 Å². The summed E-state index contributed by atoms with van der Waals surface area (Å²) >= 11 is 5.97. The largest absolute Gasteiger partial charge is 0.496 e. The van der Waals surface area contributed by atoms with Crippen LogP contribution in [0.2, 0.25) is 5.02 Å². The zero-order chi connectivity index (χ0) is 14.7. The van der Waals surface area contributed by atoms with Crippen LogP contribution in [0.3, 0.4) is 0 Å². The number of Topliss-reactive ketones (excluding diaryl/α,β-unsaturated/α-hetero) is 1. The Labute approximate surface area is 124 Å². The van der Waals surface area contributed by atoms with Gasteiger partial charge in [-0.15, -0.1) is 0 Å². The molecule has 0 heterocycles. The van der Waals surface area contributed by atoms with Crippen LogP contribution in [-0.4, -0.2) is 12.9 Å². The number of aryl methyl sites for hydroxylation is 2. The van der Waals surface area contributed by atoms with Gasteiger partial charge < -0.3 is 4.74 Å². The average molecular weight is 289 g/mol. The van der Waals surface area contributed by atoms with Crippen LogP contribution in [0.5, 0.6) is 5.75 Å². The molecule has 0 N–H and O–H groups in total. The molecule has 0 aromatic heterocycles. The summed E-state index contributed by atoms with van der Waals surface area (Å²) in [6.45, 7) is 3.91. The predicted molar refractivity (Wildman–Crippen MR) is 82.0 cm³/mol. The highest BCUT2D eigenvalue weighted by Crippen LogP contribution is 2.23. The maximum Gasteiger partial charge on any atom is 0.167 e. The minimum atomic E-state index is 0.0499. The SMILES string of the molecule is COc1ccc(C)cc1CC(=O)c1cc(Cl)ccc1C. The fourth-order valence-corrected chi connectivity index (χ4v) is 2.38. The highest BCUT2D eigenvalue weighted by Gasteiger charge is 2.13. The van der Waals surface area contributed by atoms with Crippen LogP contribution < -0.4 is 4.74 Å². The van der Waals surface area contributed by atoms with Gasteiger partial charge in [-0.05, 0) is 37.6 Å². The van der Waals surface area contributed by atoms with E-state index in [1.165, 1.54) is 0 Å². The van der Waals surface area contributed by atoms with E-state index < -0.39 is 0 Å². The van der Waals surface area contributed by atoms with Gasteiger partial charge in [-0.25, -0.2) is 0 Å². The lowest BCUT2D eigenvalue weighted by molar-refractivity contribution is 0.0991. The summed E-state index contributed by atoms with van der Waals surface area (Å²) in [6, 6.07) is 11.2. The average Bonchev–Trinajstić information content (AvgIpc) is 2.41. The quantitative estimate of drug-likeness (QED) is 0.780. The topological polar surface area (TPSA) is 26.3 Å². The van der Waals surface area contributed by atoms with Gasteiger partial charge in [-0.2, -0.15) is 0 Å². The first-order valence-electron chi connectivity index (χ1n) is 6.44. The molecular weight excluding hydrogens is 272 g/mol. The number of benzene rings is 2. The zero-order valence-electron chi connectivity index (χ0n) is 11.9. The molecule has 0 aliphatic carbocycles. The maximum atomic E-state index is 12.5. The van der Waals surface area contributed by atoms with E-state index in [9.17, 15) is 4.79 Å². The molecule has 2 aromatic rings. The minimum absolute atomic E-state index is 0.0499. The summed E-state index contributed by atoms with van der Waals surface area (Å²) in [5.74, 6) is 0.789. The number of ether oxygens (including phenoxy) is 1. The molecule has 0 fully saturated rings. The Bertz CT molecular complexity index is 647. The first-order valence-corrected chi connectivity index (χ1v) is 6.82. The lowest BCUT2D eigenvalue weighted by Crippen LogP contribution is -2.07. The molecule has 3 heteroatoms. The molecule has 0 atom stereocenters. The van der Waals surface area contributed by atoms with Gasteiger partial charge in [0.25, 0.3) is 0 Å². The number of ketones is 1. The van der Waals surface area contributed by atoms with Gasteiger partial charge in [0.15, 0.2) is 5.78 Å². The number of hydrogen-bond donors (Lipinski definition) is 0. The monoisotopic (exact) mass is 288 g/mol. The van der Waals surface area contributed by atoms with Gasteiger partial charge in [0.2, 0.25) is 0 Å². The first kappa shape index (κ1) is 14.6. The molecule has 0 saturated heterocycles. The van der Waals surface area contributed by atoms with E-state index in [4.69, 9.17) is 16.3 Å². The van der Waals surface area contributed by atoms with Crippen molar-refractivity contribution in [2.75, 3.05) is 7.11 Å². The number of rotatable bonds is 4. The third-order valence-electron chi connectivity index (χ3n) is 3.29. The third-order valence-corrected chi connectivity index (χ3v) is 3.52.